The Morgan fingerprint density at radius 3 is 2.71 bits per heavy atom. The first-order valence-corrected chi connectivity index (χ1v) is 6.91. The molecule has 0 saturated carbocycles. The fourth-order valence-electron chi connectivity index (χ4n) is 1.31. The summed E-state index contributed by atoms with van der Waals surface area (Å²) in [6, 6.07) is 4.03. The molecule has 6 heteroatoms. The van der Waals surface area contributed by atoms with E-state index in [2.05, 4.69) is 21.2 Å². The first-order chi connectivity index (χ1) is 8.08. The van der Waals surface area contributed by atoms with Crippen molar-refractivity contribution in [3.05, 3.63) is 20.8 Å². The average Bonchev–Trinajstić information content (AvgIpc) is 2.63. The van der Waals surface area contributed by atoms with Crippen LogP contribution in [0.25, 0.3) is 0 Å². The molecule has 0 aliphatic carbocycles. The van der Waals surface area contributed by atoms with Crippen LogP contribution in [0.1, 0.15) is 24.1 Å². The van der Waals surface area contributed by atoms with Crippen LogP contribution in [-0.4, -0.2) is 23.5 Å². The molecule has 0 unspecified atom stereocenters. The lowest BCUT2D eigenvalue weighted by atomic mass is 10.2. The Morgan fingerprint density at radius 2 is 2.12 bits per heavy atom. The summed E-state index contributed by atoms with van der Waals surface area (Å²) in [5, 5.41) is 11.0. The Morgan fingerprint density at radius 1 is 1.35 bits per heavy atom. The highest BCUT2D eigenvalue weighted by Crippen LogP contribution is 2.23. The second kappa shape index (κ2) is 7.45. The molecule has 0 radical (unpaired) electrons. The van der Waals surface area contributed by atoms with Crippen LogP contribution in [0.3, 0.4) is 0 Å². The SMILES string of the molecule is O=C(O)CCNC(=O)CCCc1ccc(Br)s1. The number of carbonyl (C=O) groups excluding carboxylic acids is 1. The van der Waals surface area contributed by atoms with E-state index in [1.807, 2.05) is 12.1 Å². The molecule has 0 fully saturated rings. The van der Waals surface area contributed by atoms with Gasteiger partial charge in [0.15, 0.2) is 0 Å². The van der Waals surface area contributed by atoms with Crippen molar-refractivity contribution in [1.29, 1.82) is 0 Å². The number of rotatable bonds is 7. The first kappa shape index (κ1) is 14.2. The Kier molecular flexibility index (Phi) is 6.21. The Labute approximate surface area is 112 Å². The summed E-state index contributed by atoms with van der Waals surface area (Å²) >= 11 is 5.05. The van der Waals surface area contributed by atoms with Gasteiger partial charge in [0, 0.05) is 17.8 Å². The summed E-state index contributed by atoms with van der Waals surface area (Å²) in [6.45, 7) is 0.207. The van der Waals surface area contributed by atoms with Crippen molar-refractivity contribution >= 4 is 39.1 Å². The molecule has 1 amide bonds. The minimum atomic E-state index is -0.895. The summed E-state index contributed by atoms with van der Waals surface area (Å²) in [4.78, 5) is 22.8. The van der Waals surface area contributed by atoms with E-state index in [1.165, 1.54) is 4.88 Å². The summed E-state index contributed by atoms with van der Waals surface area (Å²) in [5.74, 6) is -0.976. The molecule has 0 spiro atoms. The van der Waals surface area contributed by atoms with Gasteiger partial charge in [0.25, 0.3) is 0 Å². The number of hydrogen-bond acceptors (Lipinski definition) is 3. The van der Waals surface area contributed by atoms with E-state index in [9.17, 15) is 9.59 Å². The van der Waals surface area contributed by atoms with Gasteiger partial charge in [-0.3, -0.25) is 9.59 Å². The van der Waals surface area contributed by atoms with Gasteiger partial charge < -0.3 is 10.4 Å². The van der Waals surface area contributed by atoms with Crippen molar-refractivity contribution in [1.82, 2.24) is 5.32 Å². The van der Waals surface area contributed by atoms with Gasteiger partial charge in [-0.25, -0.2) is 0 Å². The quantitative estimate of drug-likeness (QED) is 0.811. The van der Waals surface area contributed by atoms with Crippen LogP contribution >= 0.6 is 27.3 Å². The fourth-order valence-corrected chi connectivity index (χ4v) is 2.83. The van der Waals surface area contributed by atoms with Crippen LogP contribution in [0.5, 0.6) is 0 Å². The Hall–Kier alpha value is -0.880. The van der Waals surface area contributed by atoms with Crippen LogP contribution < -0.4 is 5.32 Å². The number of hydrogen-bond donors (Lipinski definition) is 2. The van der Waals surface area contributed by atoms with Crippen LogP contribution in [0.2, 0.25) is 0 Å². The molecule has 0 bridgehead atoms. The summed E-state index contributed by atoms with van der Waals surface area (Å²) < 4.78 is 1.10. The smallest absolute Gasteiger partial charge is 0.305 e. The summed E-state index contributed by atoms with van der Waals surface area (Å²) in [5.41, 5.74) is 0. The number of nitrogens with one attached hydrogen (secondary N) is 1. The molecule has 1 aromatic heterocycles. The zero-order valence-corrected chi connectivity index (χ0v) is 11.6. The predicted molar refractivity (Wildman–Crippen MR) is 70.2 cm³/mol. The summed E-state index contributed by atoms with van der Waals surface area (Å²) in [7, 11) is 0. The molecule has 4 nitrogen and oxygen atoms in total. The molecule has 1 heterocycles. The number of halogens is 1. The third-order valence-corrected chi connectivity index (χ3v) is 3.80. The molecule has 0 aliphatic heterocycles. The lowest BCUT2D eigenvalue weighted by Crippen LogP contribution is -2.25. The maximum Gasteiger partial charge on any atom is 0.305 e. The molecular formula is C11H14BrNO3S. The van der Waals surface area contributed by atoms with Crippen molar-refractivity contribution in [2.45, 2.75) is 25.7 Å². The first-order valence-electron chi connectivity index (χ1n) is 5.30. The number of aliphatic carboxylic acids is 1. The third-order valence-electron chi connectivity index (χ3n) is 2.12. The lowest BCUT2D eigenvalue weighted by Gasteiger charge is -2.02. The van der Waals surface area contributed by atoms with E-state index in [1.54, 1.807) is 11.3 Å². The van der Waals surface area contributed by atoms with E-state index >= 15 is 0 Å². The van der Waals surface area contributed by atoms with Crippen molar-refractivity contribution in [3.63, 3.8) is 0 Å². The standard InChI is InChI=1S/C11H14BrNO3S/c12-9-5-4-8(17-9)2-1-3-10(14)13-7-6-11(15)16/h4-5H,1-3,6-7H2,(H,13,14)(H,15,16). The Bertz CT molecular complexity index is 392. The highest BCUT2D eigenvalue weighted by molar-refractivity contribution is 9.11. The highest BCUT2D eigenvalue weighted by atomic mass is 79.9. The lowest BCUT2D eigenvalue weighted by molar-refractivity contribution is -0.136. The van der Waals surface area contributed by atoms with Gasteiger partial charge in [-0.2, -0.15) is 0 Å². The molecule has 94 valence electrons. The zero-order valence-electron chi connectivity index (χ0n) is 9.24. The fraction of sp³-hybridized carbons (Fsp3) is 0.455. The number of carbonyl (C=O) groups is 2. The molecule has 0 aliphatic rings. The minimum absolute atomic E-state index is 0.0242. The number of amides is 1. The van der Waals surface area contributed by atoms with E-state index in [0.717, 1.165) is 16.6 Å². The van der Waals surface area contributed by atoms with Gasteiger partial charge >= 0.3 is 5.97 Å². The number of aryl methyl sites for hydroxylation is 1. The molecule has 1 aromatic rings. The van der Waals surface area contributed by atoms with Gasteiger partial charge in [0.2, 0.25) is 5.91 Å². The van der Waals surface area contributed by atoms with E-state index in [4.69, 9.17) is 5.11 Å². The van der Waals surface area contributed by atoms with Gasteiger partial charge in [0.1, 0.15) is 0 Å². The van der Waals surface area contributed by atoms with E-state index in [0.29, 0.717) is 6.42 Å². The molecule has 0 aromatic carbocycles. The maximum atomic E-state index is 11.3. The van der Waals surface area contributed by atoms with Crippen LogP contribution in [-0.2, 0) is 16.0 Å². The second-order valence-corrected chi connectivity index (χ2v) is 6.10. The number of carboxylic acids is 1. The molecule has 17 heavy (non-hydrogen) atoms. The molecule has 2 N–H and O–H groups in total. The van der Waals surface area contributed by atoms with E-state index in [-0.39, 0.29) is 18.9 Å². The normalized spacial score (nSPS) is 10.2. The average molecular weight is 320 g/mol. The topological polar surface area (TPSA) is 66.4 Å². The molecular weight excluding hydrogens is 306 g/mol. The van der Waals surface area contributed by atoms with Gasteiger partial charge in [-0.15, -0.1) is 11.3 Å². The molecule has 1 rings (SSSR count). The highest BCUT2D eigenvalue weighted by Gasteiger charge is 2.04. The maximum absolute atomic E-state index is 11.3. The van der Waals surface area contributed by atoms with Crippen LogP contribution in [0.15, 0.2) is 15.9 Å². The van der Waals surface area contributed by atoms with Crippen molar-refractivity contribution < 1.29 is 14.7 Å². The van der Waals surface area contributed by atoms with Crippen LogP contribution in [0.4, 0.5) is 0 Å². The van der Waals surface area contributed by atoms with Crippen LogP contribution in [0, 0.1) is 0 Å². The van der Waals surface area contributed by atoms with Crippen molar-refractivity contribution in [3.8, 4) is 0 Å². The van der Waals surface area contributed by atoms with Crippen molar-refractivity contribution in [2.24, 2.45) is 0 Å². The minimum Gasteiger partial charge on any atom is -0.481 e. The summed E-state index contributed by atoms with van der Waals surface area (Å²) in [6.07, 6.45) is 2.08. The van der Waals surface area contributed by atoms with Crippen molar-refractivity contribution in [2.75, 3.05) is 6.54 Å². The van der Waals surface area contributed by atoms with Gasteiger partial charge in [0.05, 0.1) is 10.2 Å². The zero-order chi connectivity index (χ0) is 12.7. The Balaban J connectivity index is 2.10. The van der Waals surface area contributed by atoms with Gasteiger partial charge in [-0.05, 0) is 40.9 Å². The largest absolute Gasteiger partial charge is 0.481 e. The monoisotopic (exact) mass is 319 g/mol. The molecule has 0 saturated heterocycles. The third kappa shape index (κ3) is 6.43. The number of thiophene rings is 1. The number of carboxylic acid groups (broad SMARTS) is 1. The van der Waals surface area contributed by atoms with Gasteiger partial charge in [-0.1, -0.05) is 0 Å². The second-order valence-electron chi connectivity index (χ2n) is 3.55. The van der Waals surface area contributed by atoms with E-state index < -0.39 is 5.97 Å². The predicted octanol–water partition coefficient (Wildman–Crippen LogP) is 2.42. The molecule has 0 atom stereocenters.